The van der Waals surface area contributed by atoms with Gasteiger partial charge in [0.25, 0.3) is 0 Å². The van der Waals surface area contributed by atoms with E-state index in [4.69, 9.17) is 5.11 Å². The van der Waals surface area contributed by atoms with Crippen molar-refractivity contribution < 1.29 is 14.1 Å². The summed E-state index contributed by atoms with van der Waals surface area (Å²) in [6.07, 6.45) is 3.40. The van der Waals surface area contributed by atoms with E-state index in [1.165, 1.54) is 11.3 Å². The fraction of sp³-hybridized carbons (Fsp3) is 0. The van der Waals surface area contributed by atoms with Crippen LogP contribution in [-0.2, 0) is 11.0 Å². The molecule has 0 aliphatic heterocycles. The first-order valence-electron chi connectivity index (χ1n) is 7.42. The molecule has 4 rings (SSSR count). The van der Waals surface area contributed by atoms with Crippen LogP contribution in [0.1, 0.15) is 9.67 Å². The SMILES string of the molecule is O=C(O)c1ccc(-c2ccnc3c2ccn3S(=O)c2ccccc2)s1. The number of hydrogen-bond acceptors (Lipinski definition) is 4. The van der Waals surface area contributed by atoms with Crippen molar-refractivity contribution in [1.82, 2.24) is 8.96 Å². The Morgan fingerprint density at radius 3 is 2.60 bits per heavy atom. The van der Waals surface area contributed by atoms with Crippen molar-refractivity contribution in [2.45, 2.75) is 4.90 Å². The van der Waals surface area contributed by atoms with E-state index in [-0.39, 0.29) is 4.88 Å². The van der Waals surface area contributed by atoms with Gasteiger partial charge in [0, 0.05) is 28.2 Å². The maximum absolute atomic E-state index is 12.8. The van der Waals surface area contributed by atoms with Crippen LogP contribution in [-0.4, -0.2) is 24.2 Å². The van der Waals surface area contributed by atoms with Gasteiger partial charge in [-0.15, -0.1) is 11.3 Å². The third-order valence-electron chi connectivity index (χ3n) is 3.76. The molecular weight excluding hydrogens is 356 g/mol. The Balaban J connectivity index is 1.83. The number of carboxylic acids is 1. The van der Waals surface area contributed by atoms with E-state index in [1.54, 1.807) is 28.5 Å². The van der Waals surface area contributed by atoms with Crippen molar-refractivity contribution in [3.05, 3.63) is 71.9 Å². The number of aromatic carboxylic acids is 1. The number of fused-ring (bicyclic) bond motifs is 1. The van der Waals surface area contributed by atoms with E-state index in [2.05, 4.69) is 4.98 Å². The van der Waals surface area contributed by atoms with E-state index in [0.29, 0.717) is 10.5 Å². The van der Waals surface area contributed by atoms with Crippen molar-refractivity contribution in [3.63, 3.8) is 0 Å². The maximum atomic E-state index is 12.8. The fourth-order valence-electron chi connectivity index (χ4n) is 2.61. The molecule has 3 heterocycles. The van der Waals surface area contributed by atoms with Crippen LogP contribution in [0.3, 0.4) is 0 Å². The van der Waals surface area contributed by atoms with Crippen LogP contribution in [0.4, 0.5) is 0 Å². The van der Waals surface area contributed by atoms with Crippen molar-refractivity contribution in [2.75, 3.05) is 0 Å². The maximum Gasteiger partial charge on any atom is 0.345 e. The molecule has 7 heteroatoms. The molecule has 1 aromatic carbocycles. The lowest BCUT2D eigenvalue weighted by Gasteiger charge is -2.05. The molecular formula is C18H12N2O3S2. The minimum absolute atomic E-state index is 0.284. The lowest BCUT2D eigenvalue weighted by molar-refractivity contribution is 0.0702. The van der Waals surface area contributed by atoms with Gasteiger partial charge in [-0.05, 0) is 36.4 Å². The molecule has 0 radical (unpaired) electrons. The molecule has 4 aromatic rings. The van der Waals surface area contributed by atoms with Gasteiger partial charge in [-0.2, -0.15) is 0 Å². The zero-order chi connectivity index (χ0) is 17.4. The quantitative estimate of drug-likeness (QED) is 0.590. The molecule has 25 heavy (non-hydrogen) atoms. The van der Waals surface area contributed by atoms with E-state index in [9.17, 15) is 9.00 Å². The first kappa shape index (κ1) is 15.7. The molecule has 1 atom stereocenters. The van der Waals surface area contributed by atoms with Gasteiger partial charge in [-0.25, -0.2) is 18.0 Å². The summed E-state index contributed by atoms with van der Waals surface area (Å²) < 4.78 is 14.4. The second-order valence-electron chi connectivity index (χ2n) is 5.27. The summed E-state index contributed by atoms with van der Waals surface area (Å²) in [7, 11) is -1.39. The average molecular weight is 368 g/mol. The number of benzene rings is 1. The van der Waals surface area contributed by atoms with E-state index in [0.717, 1.165) is 15.8 Å². The Morgan fingerprint density at radius 2 is 1.88 bits per heavy atom. The number of carbonyl (C=O) groups is 1. The Labute approximate surface area is 149 Å². The standard InChI is InChI=1S/C18H12N2O3S2/c21-18(22)16-7-6-15(24-16)13-8-10-19-17-14(13)9-11-20(17)25(23)12-4-2-1-3-5-12/h1-11H,(H,21,22). The number of rotatable bonds is 4. The van der Waals surface area contributed by atoms with Crippen LogP contribution in [0.5, 0.6) is 0 Å². The highest BCUT2D eigenvalue weighted by Crippen LogP contribution is 2.33. The second-order valence-corrected chi connectivity index (χ2v) is 7.72. The zero-order valence-electron chi connectivity index (χ0n) is 12.8. The summed E-state index contributed by atoms with van der Waals surface area (Å²) in [5.74, 6) is -0.940. The summed E-state index contributed by atoms with van der Waals surface area (Å²) in [6.45, 7) is 0. The molecule has 0 fully saturated rings. The third-order valence-corrected chi connectivity index (χ3v) is 6.19. The summed E-state index contributed by atoms with van der Waals surface area (Å²) in [5.41, 5.74) is 1.48. The first-order chi connectivity index (χ1) is 12.1. The van der Waals surface area contributed by atoms with Crippen molar-refractivity contribution in [1.29, 1.82) is 0 Å². The number of aromatic nitrogens is 2. The van der Waals surface area contributed by atoms with Crippen molar-refractivity contribution in [2.24, 2.45) is 0 Å². The molecule has 0 saturated carbocycles. The van der Waals surface area contributed by atoms with Gasteiger partial charge in [0.15, 0.2) is 16.6 Å². The highest BCUT2D eigenvalue weighted by Gasteiger charge is 2.15. The van der Waals surface area contributed by atoms with Crippen LogP contribution in [0, 0.1) is 0 Å². The summed E-state index contributed by atoms with van der Waals surface area (Å²) in [4.78, 5) is 17.3. The van der Waals surface area contributed by atoms with Gasteiger partial charge >= 0.3 is 5.97 Å². The molecule has 0 spiro atoms. The highest BCUT2D eigenvalue weighted by atomic mass is 32.2. The second kappa shape index (κ2) is 6.27. The molecule has 0 amide bonds. The molecule has 3 aromatic heterocycles. The van der Waals surface area contributed by atoms with E-state index >= 15 is 0 Å². The minimum Gasteiger partial charge on any atom is -0.477 e. The predicted molar refractivity (Wildman–Crippen MR) is 98.3 cm³/mol. The van der Waals surface area contributed by atoms with Gasteiger partial charge < -0.3 is 5.11 Å². The Kier molecular flexibility index (Phi) is 3.95. The summed E-state index contributed by atoms with van der Waals surface area (Å²) in [6, 6.07) is 16.3. The topological polar surface area (TPSA) is 72.2 Å². The van der Waals surface area contributed by atoms with Gasteiger partial charge in [-0.1, -0.05) is 18.2 Å². The molecule has 0 saturated heterocycles. The van der Waals surface area contributed by atoms with Crippen LogP contribution in [0.2, 0.25) is 0 Å². The van der Waals surface area contributed by atoms with Crippen molar-refractivity contribution >= 4 is 39.3 Å². The lowest BCUT2D eigenvalue weighted by Crippen LogP contribution is -2.04. The molecule has 0 bridgehead atoms. The Hall–Kier alpha value is -2.77. The zero-order valence-corrected chi connectivity index (χ0v) is 14.5. The smallest absolute Gasteiger partial charge is 0.345 e. The number of hydrogen-bond donors (Lipinski definition) is 1. The molecule has 0 aliphatic carbocycles. The van der Waals surface area contributed by atoms with Crippen LogP contribution in [0.25, 0.3) is 21.5 Å². The summed E-state index contributed by atoms with van der Waals surface area (Å²) >= 11 is 1.21. The van der Waals surface area contributed by atoms with Gasteiger partial charge in [0.1, 0.15) is 4.88 Å². The van der Waals surface area contributed by atoms with Gasteiger partial charge in [-0.3, -0.25) is 0 Å². The monoisotopic (exact) mass is 368 g/mol. The molecule has 124 valence electrons. The van der Waals surface area contributed by atoms with Crippen LogP contribution in [0.15, 0.2) is 71.9 Å². The third kappa shape index (κ3) is 2.77. The highest BCUT2D eigenvalue weighted by molar-refractivity contribution is 7.83. The van der Waals surface area contributed by atoms with E-state index in [1.807, 2.05) is 42.5 Å². The van der Waals surface area contributed by atoms with Crippen molar-refractivity contribution in [3.8, 4) is 10.4 Å². The lowest BCUT2D eigenvalue weighted by atomic mass is 10.1. The van der Waals surface area contributed by atoms with Gasteiger partial charge in [0.05, 0.1) is 4.90 Å². The number of pyridine rings is 1. The molecule has 5 nitrogen and oxygen atoms in total. The fourth-order valence-corrected chi connectivity index (χ4v) is 4.59. The largest absolute Gasteiger partial charge is 0.477 e. The molecule has 1 N–H and O–H groups in total. The van der Waals surface area contributed by atoms with Crippen LogP contribution >= 0.6 is 11.3 Å². The average Bonchev–Trinajstić information content (AvgIpc) is 3.29. The minimum atomic E-state index is -1.39. The molecule has 0 aliphatic rings. The Morgan fingerprint density at radius 1 is 1.08 bits per heavy atom. The number of thiophene rings is 1. The number of nitrogens with zero attached hydrogens (tertiary/aromatic N) is 2. The number of carboxylic acid groups (broad SMARTS) is 1. The normalized spacial score (nSPS) is 12.3. The Bertz CT molecular complexity index is 1100. The van der Waals surface area contributed by atoms with E-state index < -0.39 is 17.0 Å². The first-order valence-corrected chi connectivity index (χ1v) is 9.34. The van der Waals surface area contributed by atoms with Crippen LogP contribution < -0.4 is 0 Å². The molecule has 1 unspecified atom stereocenters. The predicted octanol–water partition coefficient (Wildman–Crippen LogP) is 4.03. The van der Waals surface area contributed by atoms with Gasteiger partial charge in [0.2, 0.25) is 0 Å². The summed E-state index contributed by atoms with van der Waals surface area (Å²) in [5, 5.41) is 9.95.